The number of hydrogen-bond donors (Lipinski definition) is 1. The summed E-state index contributed by atoms with van der Waals surface area (Å²) in [6.07, 6.45) is 2.24. The second-order valence-electron chi connectivity index (χ2n) is 6.85. The van der Waals surface area contributed by atoms with Crippen molar-refractivity contribution in [2.24, 2.45) is 5.92 Å². The molecule has 3 aromatic carbocycles. The van der Waals surface area contributed by atoms with E-state index >= 15 is 0 Å². The monoisotopic (exact) mass is 364 g/mol. The first-order valence-corrected chi connectivity index (χ1v) is 9.30. The summed E-state index contributed by atoms with van der Waals surface area (Å²) in [5.74, 6) is 2.01. The van der Waals surface area contributed by atoms with Gasteiger partial charge in [-0.25, -0.2) is 0 Å². The lowest BCUT2D eigenvalue weighted by Crippen LogP contribution is -2.34. The normalized spacial score (nSPS) is 16.1. The fourth-order valence-electron chi connectivity index (χ4n) is 3.73. The molecule has 1 N–H and O–H groups in total. The standard InChI is InChI=1S/C23H21ClO2/c24-20-13-11-18(12-14-20)23(16-25,17-9-10-17)19-5-4-8-22(15-19)26-21-6-2-1-3-7-21/h1-8,11-15,17,25H,9-10,16H2. The van der Waals surface area contributed by atoms with Crippen molar-refractivity contribution in [2.45, 2.75) is 18.3 Å². The van der Waals surface area contributed by atoms with Crippen LogP contribution in [0.1, 0.15) is 24.0 Å². The third-order valence-corrected chi connectivity index (χ3v) is 5.46. The number of aliphatic hydroxyl groups is 1. The van der Waals surface area contributed by atoms with Crippen LogP contribution in [0.2, 0.25) is 5.02 Å². The Labute approximate surface area is 159 Å². The van der Waals surface area contributed by atoms with E-state index in [4.69, 9.17) is 16.3 Å². The van der Waals surface area contributed by atoms with Crippen molar-refractivity contribution in [3.05, 3.63) is 95.0 Å². The van der Waals surface area contributed by atoms with Gasteiger partial charge in [0.1, 0.15) is 11.5 Å². The minimum absolute atomic E-state index is 0.0636. The van der Waals surface area contributed by atoms with Gasteiger partial charge in [0.05, 0.1) is 6.61 Å². The van der Waals surface area contributed by atoms with Gasteiger partial charge in [-0.1, -0.05) is 54.1 Å². The molecule has 0 aromatic heterocycles. The zero-order valence-corrected chi connectivity index (χ0v) is 15.2. The van der Waals surface area contributed by atoms with Crippen LogP contribution in [0.3, 0.4) is 0 Å². The van der Waals surface area contributed by atoms with Crippen LogP contribution in [0, 0.1) is 5.92 Å². The molecule has 0 amide bonds. The summed E-state index contributed by atoms with van der Waals surface area (Å²) in [6.45, 7) is 0.0636. The third kappa shape index (κ3) is 3.23. The Morgan fingerprint density at radius 1 is 0.846 bits per heavy atom. The van der Waals surface area contributed by atoms with Crippen LogP contribution in [0.15, 0.2) is 78.9 Å². The molecule has 3 heteroatoms. The molecule has 4 rings (SSSR count). The average molecular weight is 365 g/mol. The third-order valence-electron chi connectivity index (χ3n) is 5.21. The summed E-state index contributed by atoms with van der Waals surface area (Å²) in [7, 11) is 0. The maximum atomic E-state index is 10.5. The van der Waals surface area contributed by atoms with Crippen LogP contribution < -0.4 is 4.74 Å². The van der Waals surface area contributed by atoms with Crippen molar-refractivity contribution < 1.29 is 9.84 Å². The predicted molar refractivity (Wildman–Crippen MR) is 105 cm³/mol. The second kappa shape index (κ2) is 7.14. The van der Waals surface area contributed by atoms with Crippen molar-refractivity contribution >= 4 is 11.6 Å². The van der Waals surface area contributed by atoms with Crippen LogP contribution in [-0.2, 0) is 5.41 Å². The Morgan fingerprint density at radius 3 is 2.19 bits per heavy atom. The van der Waals surface area contributed by atoms with Crippen LogP contribution >= 0.6 is 11.6 Å². The molecule has 1 saturated carbocycles. The molecule has 1 unspecified atom stereocenters. The Balaban J connectivity index is 1.75. The van der Waals surface area contributed by atoms with Gasteiger partial charge in [-0.2, -0.15) is 0 Å². The topological polar surface area (TPSA) is 29.5 Å². The molecule has 1 aliphatic carbocycles. The number of benzene rings is 3. The lowest BCUT2D eigenvalue weighted by Gasteiger charge is -2.34. The fourth-order valence-corrected chi connectivity index (χ4v) is 3.86. The molecule has 0 radical (unpaired) electrons. The first kappa shape index (κ1) is 17.1. The van der Waals surface area contributed by atoms with Crippen molar-refractivity contribution in [3.63, 3.8) is 0 Å². The molecule has 0 aliphatic heterocycles. The summed E-state index contributed by atoms with van der Waals surface area (Å²) in [4.78, 5) is 0. The summed E-state index contributed by atoms with van der Waals surface area (Å²) < 4.78 is 6.01. The maximum Gasteiger partial charge on any atom is 0.127 e. The van der Waals surface area contributed by atoms with E-state index < -0.39 is 5.41 Å². The van der Waals surface area contributed by atoms with Crippen LogP contribution in [0.25, 0.3) is 0 Å². The molecular weight excluding hydrogens is 344 g/mol. The van der Waals surface area contributed by atoms with Crippen LogP contribution in [0.4, 0.5) is 0 Å². The van der Waals surface area contributed by atoms with E-state index in [0.717, 1.165) is 35.5 Å². The SMILES string of the molecule is OCC(c1ccc(Cl)cc1)(c1cccc(Oc2ccccc2)c1)C1CC1. The largest absolute Gasteiger partial charge is 0.457 e. The van der Waals surface area contributed by atoms with Crippen molar-refractivity contribution in [1.82, 2.24) is 0 Å². The van der Waals surface area contributed by atoms with Crippen molar-refractivity contribution in [1.29, 1.82) is 0 Å². The molecule has 1 atom stereocenters. The van der Waals surface area contributed by atoms with E-state index in [1.54, 1.807) is 0 Å². The summed E-state index contributed by atoms with van der Waals surface area (Å²) in [6, 6.07) is 25.7. The quantitative estimate of drug-likeness (QED) is 0.597. The van der Waals surface area contributed by atoms with Gasteiger partial charge in [-0.3, -0.25) is 0 Å². The molecular formula is C23H21ClO2. The van der Waals surface area contributed by atoms with Crippen molar-refractivity contribution in [2.75, 3.05) is 6.61 Å². The van der Waals surface area contributed by atoms with Gasteiger partial charge >= 0.3 is 0 Å². The smallest absolute Gasteiger partial charge is 0.127 e. The Kier molecular flexibility index (Phi) is 4.71. The van der Waals surface area contributed by atoms with Gasteiger partial charge in [0.2, 0.25) is 0 Å². The highest BCUT2D eigenvalue weighted by molar-refractivity contribution is 6.30. The van der Waals surface area contributed by atoms with Gasteiger partial charge < -0.3 is 9.84 Å². The molecule has 132 valence electrons. The van der Waals surface area contributed by atoms with E-state index in [-0.39, 0.29) is 6.61 Å². The molecule has 0 bridgehead atoms. The van der Waals surface area contributed by atoms with E-state index in [1.807, 2.05) is 66.7 Å². The highest BCUT2D eigenvalue weighted by atomic mass is 35.5. The van der Waals surface area contributed by atoms with Gasteiger partial charge in [0.15, 0.2) is 0 Å². The minimum Gasteiger partial charge on any atom is -0.457 e. The summed E-state index contributed by atoms with van der Waals surface area (Å²) >= 11 is 6.08. The second-order valence-corrected chi connectivity index (χ2v) is 7.29. The minimum atomic E-state index is -0.416. The number of para-hydroxylation sites is 1. The first-order chi connectivity index (χ1) is 12.7. The fraction of sp³-hybridized carbons (Fsp3) is 0.217. The lowest BCUT2D eigenvalue weighted by molar-refractivity contribution is 0.202. The van der Waals surface area contributed by atoms with E-state index in [1.165, 1.54) is 0 Å². The highest BCUT2D eigenvalue weighted by Crippen LogP contribution is 2.51. The Hall–Kier alpha value is -2.29. The molecule has 26 heavy (non-hydrogen) atoms. The summed E-state index contributed by atoms with van der Waals surface area (Å²) in [5.41, 5.74) is 1.77. The van der Waals surface area contributed by atoms with Gasteiger partial charge in [0, 0.05) is 10.4 Å². The van der Waals surface area contributed by atoms with Gasteiger partial charge in [-0.15, -0.1) is 0 Å². The maximum absolute atomic E-state index is 10.5. The van der Waals surface area contributed by atoms with Crippen LogP contribution in [0.5, 0.6) is 11.5 Å². The molecule has 0 heterocycles. The average Bonchev–Trinajstić information content (AvgIpc) is 3.51. The zero-order chi connectivity index (χ0) is 18.0. The predicted octanol–water partition coefficient (Wildman–Crippen LogP) is 5.82. The first-order valence-electron chi connectivity index (χ1n) is 8.93. The molecule has 2 nitrogen and oxygen atoms in total. The number of ether oxygens (including phenoxy) is 1. The van der Waals surface area contributed by atoms with E-state index in [2.05, 4.69) is 12.1 Å². The molecule has 0 saturated heterocycles. The van der Waals surface area contributed by atoms with E-state index in [9.17, 15) is 5.11 Å². The van der Waals surface area contributed by atoms with Crippen molar-refractivity contribution in [3.8, 4) is 11.5 Å². The zero-order valence-electron chi connectivity index (χ0n) is 14.4. The van der Waals surface area contributed by atoms with Crippen LogP contribution in [-0.4, -0.2) is 11.7 Å². The van der Waals surface area contributed by atoms with E-state index in [0.29, 0.717) is 10.9 Å². The lowest BCUT2D eigenvalue weighted by atomic mass is 9.71. The molecule has 1 aliphatic rings. The Bertz CT molecular complexity index is 872. The van der Waals surface area contributed by atoms with Gasteiger partial charge in [-0.05, 0) is 66.3 Å². The number of hydrogen-bond acceptors (Lipinski definition) is 2. The molecule has 0 spiro atoms. The number of halogens is 1. The van der Waals surface area contributed by atoms with Gasteiger partial charge in [0.25, 0.3) is 0 Å². The molecule has 3 aromatic rings. The Morgan fingerprint density at radius 2 is 1.54 bits per heavy atom. The number of aliphatic hydroxyl groups excluding tert-OH is 1. The highest BCUT2D eigenvalue weighted by Gasteiger charge is 2.47. The number of rotatable bonds is 6. The summed E-state index contributed by atoms with van der Waals surface area (Å²) in [5, 5.41) is 11.2. The molecule has 1 fully saturated rings.